The molecular formula is C3H6NRe-. The summed E-state index contributed by atoms with van der Waals surface area (Å²) in [4.78, 5) is 3.49. The summed E-state index contributed by atoms with van der Waals surface area (Å²) in [6.45, 7) is 1.76. The van der Waals surface area contributed by atoms with Crippen molar-refractivity contribution in [2.75, 3.05) is 7.05 Å². The molecule has 0 aliphatic carbocycles. The molecule has 0 unspecified atom stereocenters. The van der Waals surface area contributed by atoms with Crippen molar-refractivity contribution in [1.29, 1.82) is 0 Å². The van der Waals surface area contributed by atoms with Gasteiger partial charge in [-0.3, -0.25) is 0 Å². The van der Waals surface area contributed by atoms with Crippen LogP contribution in [0.15, 0.2) is 4.99 Å². The number of hydrogen-bond donors (Lipinski definition) is 0. The van der Waals surface area contributed by atoms with E-state index in [1.165, 1.54) is 0 Å². The van der Waals surface area contributed by atoms with Gasteiger partial charge >= 0.3 is 0 Å². The molecule has 2 heteroatoms. The van der Waals surface area contributed by atoms with Crippen LogP contribution in [-0.4, -0.2) is 13.3 Å². The molecule has 0 heterocycles. The molecule has 0 rings (SSSR count). The first-order valence-electron chi connectivity index (χ1n) is 1.17. The third-order valence-electron chi connectivity index (χ3n) is 0.224. The molecule has 1 radical (unpaired) electrons. The molecule has 0 N–H and O–H groups in total. The third kappa shape index (κ3) is 13.3. The van der Waals surface area contributed by atoms with Gasteiger partial charge in [-0.2, -0.15) is 6.92 Å². The average Bonchev–Trinajstić information content (AvgIpc) is 1.37. The summed E-state index contributed by atoms with van der Waals surface area (Å²) in [6, 6.07) is 0. The van der Waals surface area contributed by atoms with Crippen molar-refractivity contribution in [1.82, 2.24) is 0 Å². The zero-order valence-corrected chi connectivity index (χ0v) is 6.04. The Bertz CT molecular complexity index is 22.1. The van der Waals surface area contributed by atoms with E-state index in [4.69, 9.17) is 0 Å². The van der Waals surface area contributed by atoms with E-state index < -0.39 is 0 Å². The number of rotatable bonds is 0. The number of hydrogen-bond acceptors (Lipinski definition) is 1. The van der Waals surface area contributed by atoms with Crippen LogP contribution < -0.4 is 0 Å². The predicted octanol–water partition coefficient (Wildman–Crippen LogP) is 0.581. The van der Waals surface area contributed by atoms with E-state index in [0.717, 1.165) is 0 Å². The Kier molecular flexibility index (Phi) is 15.9. The molecule has 0 atom stereocenters. The molecule has 1 nitrogen and oxygen atoms in total. The fraction of sp³-hybridized carbons (Fsp3) is 0.667. The molecule has 0 aliphatic rings. The molecule has 0 aliphatic heterocycles. The molecule has 0 aromatic rings. The molecule has 0 bridgehead atoms. The van der Waals surface area contributed by atoms with Gasteiger partial charge in [-0.05, 0) is 7.05 Å². The first-order valence-corrected chi connectivity index (χ1v) is 1.17. The zero-order valence-electron chi connectivity index (χ0n) is 3.33. The molecule has 5 heavy (non-hydrogen) atoms. The van der Waals surface area contributed by atoms with E-state index in [1.54, 1.807) is 14.0 Å². The van der Waals surface area contributed by atoms with Crippen molar-refractivity contribution in [3.8, 4) is 0 Å². The van der Waals surface area contributed by atoms with E-state index in [1.807, 2.05) is 0 Å². The number of nitrogens with zero attached hydrogens (tertiary/aromatic N) is 1. The quantitative estimate of drug-likeness (QED) is 0.435. The van der Waals surface area contributed by atoms with Crippen molar-refractivity contribution in [3.05, 3.63) is 0 Å². The zero-order chi connectivity index (χ0) is 3.41. The van der Waals surface area contributed by atoms with Gasteiger partial charge in [-0.1, -0.05) is 0 Å². The van der Waals surface area contributed by atoms with E-state index >= 15 is 0 Å². The summed E-state index contributed by atoms with van der Waals surface area (Å²) in [6.07, 6.45) is 2.56. The smallest absolute Gasteiger partial charge is 0 e. The molecule has 0 fully saturated rings. The maximum absolute atomic E-state index is 3.49. The summed E-state index contributed by atoms with van der Waals surface area (Å²) >= 11 is 0. The van der Waals surface area contributed by atoms with Crippen LogP contribution >= 0.6 is 0 Å². The van der Waals surface area contributed by atoms with Gasteiger partial charge in [-0.15, -0.1) is 0 Å². The summed E-state index contributed by atoms with van der Waals surface area (Å²) in [7, 11) is 1.69. The minimum atomic E-state index is 0. The van der Waals surface area contributed by atoms with Crippen LogP contribution in [0.3, 0.4) is 0 Å². The van der Waals surface area contributed by atoms with Gasteiger partial charge in [-0.25, -0.2) is 0 Å². The van der Waals surface area contributed by atoms with Crippen molar-refractivity contribution in [2.45, 2.75) is 6.92 Å². The predicted molar refractivity (Wildman–Crippen MR) is 19.0 cm³/mol. The van der Waals surface area contributed by atoms with Gasteiger partial charge in [0, 0.05) is 20.4 Å². The summed E-state index contributed by atoms with van der Waals surface area (Å²) in [5.74, 6) is 0. The fourth-order valence-corrected chi connectivity index (χ4v) is 0. The van der Waals surface area contributed by atoms with E-state index in [0.29, 0.717) is 0 Å². The van der Waals surface area contributed by atoms with Crippen LogP contribution in [0.4, 0.5) is 0 Å². The van der Waals surface area contributed by atoms with Crippen molar-refractivity contribution >= 4 is 6.21 Å². The molecule has 0 saturated carbocycles. The Morgan fingerprint density at radius 2 is 1.80 bits per heavy atom. The minimum absolute atomic E-state index is 0. The third-order valence-corrected chi connectivity index (χ3v) is 0.224. The average molecular weight is 242 g/mol. The number of aliphatic imine (C=N–C) groups is 1. The van der Waals surface area contributed by atoms with E-state index in [-0.39, 0.29) is 20.4 Å². The fourth-order valence-electron chi connectivity index (χ4n) is 0. The van der Waals surface area contributed by atoms with Gasteiger partial charge in [0.15, 0.2) is 0 Å². The van der Waals surface area contributed by atoms with Crippen LogP contribution in [0.5, 0.6) is 0 Å². The molecule has 0 spiro atoms. The van der Waals surface area contributed by atoms with Gasteiger partial charge in [0.1, 0.15) is 0 Å². The van der Waals surface area contributed by atoms with Crippen molar-refractivity contribution in [2.24, 2.45) is 4.99 Å². The molecule has 0 aromatic carbocycles. The Morgan fingerprint density at radius 1 is 1.60 bits per heavy atom. The Labute approximate surface area is 46.1 Å². The van der Waals surface area contributed by atoms with Crippen molar-refractivity contribution < 1.29 is 20.4 Å². The SMILES string of the molecule is C[C-]=NC.[Re]. The van der Waals surface area contributed by atoms with Crippen molar-refractivity contribution in [3.63, 3.8) is 0 Å². The normalized spacial score (nSPS) is 7.60. The van der Waals surface area contributed by atoms with E-state index in [9.17, 15) is 0 Å². The second-order valence-corrected chi connectivity index (χ2v) is 0.447. The van der Waals surface area contributed by atoms with Gasteiger partial charge in [0.25, 0.3) is 0 Å². The summed E-state index contributed by atoms with van der Waals surface area (Å²) < 4.78 is 0. The van der Waals surface area contributed by atoms with Crippen LogP contribution in [0.1, 0.15) is 6.92 Å². The monoisotopic (exact) mass is 243 g/mol. The van der Waals surface area contributed by atoms with Gasteiger partial charge in [0.2, 0.25) is 0 Å². The second-order valence-electron chi connectivity index (χ2n) is 0.447. The maximum atomic E-state index is 3.49. The summed E-state index contributed by atoms with van der Waals surface area (Å²) in [5.41, 5.74) is 0. The molecule has 0 aromatic heterocycles. The first kappa shape index (κ1) is 9.01. The Morgan fingerprint density at radius 3 is 1.80 bits per heavy atom. The van der Waals surface area contributed by atoms with E-state index in [2.05, 4.69) is 11.2 Å². The van der Waals surface area contributed by atoms with Gasteiger partial charge < -0.3 is 11.2 Å². The molecular weight excluding hydrogens is 236 g/mol. The maximum Gasteiger partial charge on any atom is 0 e. The Balaban J connectivity index is 0. The van der Waals surface area contributed by atoms with Gasteiger partial charge in [0.05, 0.1) is 0 Å². The van der Waals surface area contributed by atoms with Crippen LogP contribution in [0.25, 0.3) is 0 Å². The van der Waals surface area contributed by atoms with Crippen LogP contribution in [-0.2, 0) is 20.4 Å². The largest absolute Gasteiger partial charge is 0.506 e. The summed E-state index contributed by atoms with van der Waals surface area (Å²) in [5, 5.41) is 0. The second kappa shape index (κ2) is 8.84. The van der Waals surface area contributed by atoms with Crippen LogP contribution in [0, 0.1) is 0 Å². The molecule has 0 amide bonds. The topological polar surface area (TPSA) is 12.4 Å². The van der Waals surface area contributed by atoms with Crippen LogP contribution in [0.2, 0.25) is 0 Å². The molecule has 31 valence electrons. The Hall–Kier alpha value is 0.332. The first-order chi connectivity index (χ1) is 1.91. The standard InChI is InChI=1S/C3H6N.Re/c1-3-4-2;/h1-2H3;/q-1;. The minimum Gasteiger partial charge on any atom is -0.506 e. The molecule has 0 saturated heterocycles.